The molecule has 0 unspecified atom stereocenters. The van der Waals surface area contributed by atoms with Gasteiger partial charge in [-0.05, 0) is 7.05 Å². The van der Waals surface area contributed by atoms with E-state index >= 15 is 0 Å². The number of amides is 1. The van der Waals surface area contributed by atoms with Gasteiger partial charge in [-0.1, -0.05) is 0 Å². The number of carbonyl (C=O) groups is 1. The van der Waals surface area contributed by atoms with Crippen molar-refractivity contribution in [2.75, 3.05) is 26.8 Å². The lowest BCUT2D eigenvalue weighted by atomic mass is 10.2. The third kappa shape index (κ3) is 1.89. The normalized spacial score (nSPS) is 26.5. The van der Waals surface area contributed by atoms with Crippen molar-refractivity contribution in [1.29, 1.82) is 0 Å². The molecule has 1 atom stereocenters. The summed E-state index contributed by atoms with van der Waals surface area (Å²) in [7, 11) is 1.88. The van der Waals surface area contributed by atoms with Crippen LogP contribution in [-0.4, -0.2) is 43.7 Å². The first-order valence-corrected chi connectivity index (χ1v) is 3.54. The lowest BCUT2D eigenvalue weighted by Gasteiger charge is -2.30. The van der Waals surface area contributed by atoms with Gasteiger partial charge in [0, 0.05) is 6.54 Å². The minimum absolute atomic E-state index is 0.188. The van der Waals surface area contributed by atoms with Crippen LogP contribution in [0.5, 0.6) is 0 Å². The third-order valence-corrected chi connectivity index (χ3v) is 1.84. The minimum atomic E-state index is -0.228. The molecule has 1 saturated heterocycles. The van der Waals surface area contributed by atoms with Gasteiger partial charge in [0.1, 0.15) is 6.04 Å². The molecule has 5 heteroatoms. The second kappa shape index (κ2) is 3.66. The van der Waals surface area contributed by atoms with Gasteiger partial charge in [0.05, 0.1) is 13.2 Å². The summed E-state index contributed by atoms with van der Waals surface area (Å²) in [5, 5.41) is 0. The Kier molecular flexibility index (Phi) is 2.81. The molecular weight excluding hydrogens is 146 g/mol. The quantitative estimate of drug-likeness (QED) is 0.272. The molecule has 1 amide bonds. The Hall–Kier alpha value is -0.650. The summed E-state index contributed by atoms with van der Waals surface area (Å²) >= 11 is 0. The van der Waals surface area contributed by atoms with Crippen LogP contribution in [0.2, 0.25) is 0 Å². The van der Waals surface area contributed by atoms with Crippen LogP contribution in [0.3, 0.4) is 0 Å². The summed E-state index contributed by atoms with van der Waals surface area (Å²) in [5.74, 6) is 4.80. The molecule has 0 radical (unpaired) electrons. The van der Waals surface area contributed by atoms with Gasteiger partial charge in [0.15, 0.2) is 0 Å². The van der Waals surface area contributed by atoms with Crippen molar-refractivity contribution < 1.29 is 9.53 Å². The fourth-order valence-electron chi connectivity index (χ4n) is 1.06. The fourth-order valence-corrected chi connectivity index (χ4v) is 1.06. The molecule has 11 heavy (non-hydrogen) atoms. The molecule has 1 heterocycles. The Bertz CT molecular complexity index is 151. The number of ether oxygens (including phenoxy) is 1. The van der Waals surface area contributed by atoms with Crippen LogP contribution in [0.1, 0.15) is 0 Å². The molecule has 64 valence electrons. The van der Waals surface area contributed by atoms with Crippen LogP contribution in [-0.2, 0) is 9.53 Å². The number of morpholine rings is 1. The van der Waals surface area contributed by atoms with E-state index in [-0.39, 0.29) is 11.9 Å². The molecule has 0 aromatic heterocycles. The summed E-state index contributed by atoms with van der Waals surface area (Å²) in [5.41, 5.74) is 2.10. The van der Waals surface area contributed by atoms with Crippen molar-refractivity contribution in [2.45, 2.75) is 6.04 Å². The van der Waals surface area contributed by atoms with E-state index < -0.39 is 0 Å². The standard InChI is InChI=1S/C6H13N3O2/c1-9-2-3-11-4-5(9)6(10)8-7/h5H,2-4,7H2,1H3,(H,8,10)/t5-/m0/s1. The largest absolute Gasteiger partial charge is 0.378 e. The summed E-state index contributed by atoms with van der Waals surface area (Å²) in [4.78, 5) is 12.9. The van der Waals surface area contributed by atoms with Gasteiger partial charge in [0.2, 0.25) is 0 Å². The van der Waals surface area contributed by atoms with Crippen molar-refractivity contribution in [3.8, 4) is 0 Å². The average Bonchev–Trinajstić information content (AvgIpc) is 2.04. The number of hydrogen-bond acceptors (Lipinski definition) is 4. The second-order valence-corrected chi connectivity index (χ2v) is 2.58. The van der Waals surface area contributed by atoms with Gasteiger partial charge < -0.3 is 4.74 Å². The van der Waals surface area contributed by atoms with Crippen LogP contribution in [0, 0.1) is 0 Å². The highest BCUT2D eigenvalue weighted by molar-refractivity contribution is 5.81. The molecule has 0 saturated carbocycles. The van der Waals surface area contributed by atoms with Crippen molar-refractivity contribution >= 4 is 5.91 Å². The highest BCUT2D eigenvalue weighted by atomic mass is 16.5. The smallest absolute Gasteiger partial charge is 0.253 e. The fraction of sp³-hybridized carbons (Fsp3) is 0.833. The number of carbonyl (C=O) groups excluding carboxylic acids is 1. The molecule has 1 aliphatic heterocycles. The molecule has 0 spiro atoms. The Morgan fingerprint density at radius 3 is 3.09 bits per heavy atom. The van der Waals surface area contributed by atoms with Crippen LogP contribution in [0.25, 0.3) is 0 Å². The summed E-state index contributed by atoms with van der Waals surface area (Å²) < 4.78 is 5.12. The average molecular weight is 159 g/mol. The summed E-state index contributed by atoms with van der Waals surface area (Å²) in [6, 6.07) is -0.228. The lowest BCUT2D eigenvalue weighted by molar-refractivity contribution is -0.131. The maximum absolute atomic E-state index is 11.0. The predicted molar refractivity (Wildman–Crippen MR) is 39.6 cm³/mol. The Labute approximate surface area is 65.5 Å². The maximum atomic E-state index is 11.0. The number of nitrogens with zero attached hydrogens (tertiary/aromatic N) is 1. The third-order valence-electron chi connectivity index (χ3n) is 1.84. The molecular formula is C6H13N3O2. The first-order chi connectivity index (χ1) is 5.25. The summed E-state index contributed by atoms with van der Waals surface area (Å²) in [6.07, 6.45) is 0. The van der Waals surface area contributed by atoms with E-state index in [9.17, 15) is 4.79 Å². The van der Waals surface area contributed by atoms with Crippen LogP contribution in [0.4, 0.5) is 0 Å². The van der Waals surface area contributed by atoms with Gasteiger partial charge in [0.25, 0.3) is 5.91 Å². The molecule has 0 aliphatic carbocycles. The zero-order valence-corrected chi connectivity index (χ0v) is 6.54. The van der Waals surface area contributed by atoms with Gasteiger partial charge in [-0.25, -0.2) is 5.84 Å². The maximum Gasteiger partial charge on any atom is 0.253 e. The molecule has 1 rings (SSSR count). The topological polar surface area (TPSA) is 67.6 Å². The highest BCUT2D eigenvalue weighted by Crippen LogP contribution is 2.02. The molecule has 3 N–H and O–H groups in total. The molecule has 5 nitrogen and oxygen atoms in total. The molecule has 0 aromatic carbocycles. The Morgan fingerprint density at radius 2 is 2.55 bits per heavy atom. The van der Waals surface area contributed by atoms with Gasteiger partial charge >= 0.3 is 0 Å². The Morgan fingerprint density at radius 1 is 1.82 bits per heavy atom. The molecule has 1 aliphatic rings. The zero-order chi connectivity index (χ0) is 8.27. The minimum Gasteiger partial charge on any atom is -0.378 e. The van der Waals surface area contributed by atoms with E-state index in [0.29, 0.717) is 13.2 Å². The number of nitrogens with two attached hydrogens (primary N) is 1. The van der Waals surface area contributed by atoms with Crippen molar-refractivity contribution in [1.82, 2.24) is 10.3 Å². The number of likely N-dealkylation sites (N-methyl/N-ethyl adjacent to an activating group) is 1. The predicted octanol–water partition coefficient (Wildman–Crippen LogP) is -1.69. The number of hydrogen-bond donors (Lipinski definition) is 2. The van der Waals surface area contributed by atoms with Crippen molar-refractivity contribution in [3.63, 3.8) is 0 Å². The van der Waals surface area contributed by atoms with E-state index in [1.165, 1.54) is 0 Å². The van der Waals surface area contributed by atoms with E-state index in [0.717, 1.165) is 6.54 Å². The SMILES string of the molecule is CN1CCOC[C@H]1C(=O)NN. The van der Waals surface area contributed by atoms with E-state index in [1.807, 2.05) is 11.9 Å². The van der Waals surface area contributed by atoms with Crippen molar-refractivity contribution in [2.24, 2.45) is 5.84 Å². The van der Waals surface area contributed by atoms with Gasteiger partial charge in [-0.15, -0.1) is 0 Å². The van der Waals surface area contributed by atoms with E-state index in [2.05, 4.69) is 5.43 Å². The molecule has 0 aromatic rings. The van der Waals surface area contributed by atoms with Crippen molar-refractivity contribution in [3.05, 3.63) is 0 Å². The lowest BCUT2D eigenvalue weighted by Crippen LogP contribution is -2.53. The number of rotatable bonds is 1. The Balaban J connectivity index is 2.47. The monoisotopic (exact) mass is 159 g/mol. The number of hydrazine groups is 1. The summed E-state index contributed by atoms with van der Waals surface area (Å²) in [6.45, 7) is 1.89. The van der Waals surface area contributed by atoms with Crippen LogP contribution >= 0.6 is 0 Å². The first kappa shape index (κ1) is 8.45. The van der Waals surface area contributed by atoms with Gasteiger partial charge in [-0.2, -0.15) is 0 Å². The second-order valence-electron chi connectivity index (χ2n) is 2.58. The number of nitrogens with one attached hydrogen (secondary N) is 1. The van der Waals surface area contributed by atoms with Crippen LogP contribution < -0.4 is 11.3 Å². The highest BCUT2D eigenvalue weighted by Gasteiger charge is 2.25. The first-order valence-electron chi connectivity index (χ1n) is 3.54. The molecule has 1 fully saturated rings. The van der Waals surface area contributed by atoms with E-state index in [4.69, 9.17) is 10.6 Å². The van der Waals surface area contributed by atoms with E-state index in [1.54, 1.807) is 0 Å². The zero-order valence-electron chi connectivity index (χ0n) is 6.54. The van der Waals surface area contributed by atoms with Gasteiger partial charge in [-0.3, -0.25) is 15.1 Å². The molecule has 0 bridgehead atoms. The van der Waals surface area contributed by atoms with Crippen LogP contribution in [0.15, 0.2) is 0 Å².